The number of nitrogens with zero attached hydrogens (tertiary/aromatic N) is 2. The van der Waals surface area contributed by atoms with Gasteiger partial charge >= 0.3 is 0 Å². The maximum Gasteiger partial charge on any atom is 0.234 e. The normalized spacial score (nSPS) is 11.8. The first-order valence-corrected chi connectivity index (χ1v) is 6.22. The van der Waals surface area contributed by atoms with E-state index in [0.717, 1.165) is 10.6 Å². The minimum absolute atomic E-state index is 0.178. The lowest BCUT2D eigenvalue weighted by Gasteiger charge is -2.18. The van der Waals surface area contributed by atoms with Gasteiger partial charge in [0.2, 0.25) is 5.28 Å². The van der Waals surface area contributed by atoms with Crippen molar-refractivity contribution in [2.45, 2.75) is 26.2 Å². The lowest BCUT2D eigenvalue weighted by atomic mass is 9.87. The summed E-state index contributed by atoms with van der Waals surface area (Å²) in [5.74, 6) is 0. The fourth-order valence-electron chi connectivity index (χ4n) is 1.44. The molecule has 16 heavy (non-hydrogen) atoms. The molecule has 0 bridgehead atoms. The molecule has 84 valence electrons. The molecule has 0 radical (unpaired) electrons. The monoisotopic (exact) mass is 252 g/mol. The Morgan fingerprint density at radius 3 is 2.19 bits per heavy atom. The van der Waals surface area contributed by atoms with E-state index in [1.807, 2.05) is 0 Å². The van der Waals surface area contributed by atoms with Gasteiger partial charge in [-0.25, -0.2) is 4.98 Å². The van der Waals surface area contributed by atoms with Gasteiger partial charge in [-0.2, -0.15) is 4.37 Å². The molecule has 1 aromatic carbocycles. The van der Waals surface area contributed by atoms with Gasteiger partial charge in [-0.05, 0) is 34.1 Å². The van der Waals surface area contributed by atoms with Crippen molar-refractivity contribution in [3.05, 3.63) is 35.1 Å². The lowest BCUT2D eigenvalue weighted by Crippen LogP contribution is -2.10. The molecule has 0 unspecified atom stereocenters. The molecule has 1 heterocycles. The number of benzene rings is 1. The molecule has 1 aromatic heterocycles. The summed E-state index contributed by atoms with van der Waals surface area (Å²) in [6, 6.07) is 8.39. The van der Waals surface area contributed by atoms with Crippen LogP contribution in [0.5, 0.6) is 0 Å². The van der Waals surface area contributed by atoms with Gasteiger partial charge in [-0.3, -0.25) is 0 Å². The largest absolute Gasteiger partial charge is 0.234 e. The quantitative estimate of drug-likeness (QED) is 0.762. The summed E-state index contributed by atoms with van der Waals surface area (Å²) >= 11 is 7.03. The Hall–Kier alpha value is -0.930. The minimum Gasteiger partial charge on any atom is -0.205 e. The molecule has 0 fully saturated rings. The Morgan fingerprint density at radius 1 is 1.12 bits per heavy atom. The van der Waals surface area contributed by atoms with Gasteiger partial charge in [0.25, 0.3) is 0 Å². The van der Waals surface area contributed by atoms with Crippen LogP contribution >= 0.6 is 23.1 Å². The first-order chi connectivity index (χ1) is 7.47. The van der Waals surface area contributed by atoms with Gasteiger partial charge in [-0.15, -0.1) is 0 Å². The Bertz CT molecular complexity index is 482. The van der Waals surface area contributed by atoms with Crippen LogP contribution in [0.3, 0.4) is 0 Å². The number of aromatic nitrogens is 2. The summed E-state index contributed by atoms with van der Waals surface area (Å²) in [5.41, 5.74) is 2.56. The van der Waals surface area contributed by atoms with E-state index >= 15 is 0 Å². The van der Waals surface area contributed by atoms with E-state index in [-0.39, 0.29) is 5.41 Å². The maximum absolute atomic E-state index is 5.70. The zero-order chi connectivity index (χ0) is 11.8. The van der Waals surface area contributed by atoms with Gasteiger partial charge < -0.3 is 0 Å². The molecule has 4 heteroatoms. The summed E-state index contributed by atoms with van der Waals surface area (Å²) < 4.78 is 3.96. The molecule has 0 aliphatic carbocycles. The molecular weight excluding hydrogens is 240 g/mol. The highest BCUT2D eigenvalue weighted by Crippen LogP contribution is 2.27. The van der Waals surface area contributed by atoms with Crippen molar-refractivity contribution in [1.29, 1.82) is 0 Å². The summed E-state index contributed by atoms with van der Waals surface area (Å²) in [5, 5.41) is 1.19. The topological polar surface area (TPSA) is 25.8 Å². The van der Waals surface area contributed by atoms with Crippen LogP contribution in [0.1, 0.15) is 26.3 Å². The van der Waals surface area contributed by atoms with E-state index in [9.17, 15) is 0 Å². The summed E-state index contributed by atoms with van der Waals surface area (Å²) in [6.45, 7) is 6.59. The van der Waals surface area contributed by atoms with E-state index in [1.54, 1.807) is 0 Å². The first kappa shape index (κ1) is 11.6. The van der Waals surface area contributed by atoms with Crippen molar-refractivity contribution < 1.29 is 0 Å². The molecule has 2 rings (SSSR count). The average Bonchev–Trinajstić information content (AvgIpc) is 2.64. The number of halogens is 1. The highest BCUT2D eigenvalue weighted by Gasteiger charge is 2.13. The molecule has 0 atom stereocenters. The molecular formula is C12H13ClN2S. The van der Waals surface area contributed by atoms with Gasteiger partial charge in [0.15, 0.2) is 0 Å². The number of rotatable bonds is 1. The zero-order valence-electron chi connectivity index (χ0n) is 9.49. The van der Waals surface area contributed by atoms with Crippen LogP contribution < -0.4 is 0 Å². The zero-order valence-corrected chi connectivity index (χ0v) is 11.1. The number of hydrogen-bond acceptors (Lipinski definition) is 3. The van der Waals surface area contributed by atoms with Crippen LogP contribution in [0.4, 0.5) is 0 Å². The van der Waals surface area contributed by atoms with Crippen molar-refractivity contribution in [1.82, 2.24) is 9.36 Å². The highest BCUT2D eigenvalue weighted by molar-refractivity contribution is 7.09. The van der Waals surface area contributed by atoms with Crippen LogP contribution in [0.2, 0.25) is 5.28 Å². The second-order valence-corrected chi connectivity index (χ2v) is 5.79. The van der Waals surface area contributed by atoms with Gasteiger partial charge in [0.05, 0.1) is 0 Å². The molecule has 0 aliphatic heterocycles. The molecule has 2 aromatic rings. The van der Waals surface area contributed by atoms with Crippen LogP contribution in [0.15, 0.2) is 24.3 Å². The Kier molecular flexibility index (Phi) is 3.00. The predicted molar refractivity (Wildman–Crippen MR) is 69.1 cm³/mol. The second kappa shape index (κ2) is 4.15. The third kappa shape index (κ3) is 2.42. The summed E-state index contributed by atoms with van der Waals surface area (Å²) in [4.78, 5) is 4.15. The molecule has 0 saturated heterocycles. The Labute approximate surface area is 104 Å². The van der Waals surface area contributed by atoms with E-state index < -0.39 is 0 Å². The van der Waals surface area contributed by atoms with Crippen molar-refractivity contribution in [3.63, 3.8) is 0 Å². The van der Waals surface area contributed by atoms with Gasteiger partial charge in [-0.1, -0.05) is 45.0 Å². The van der Waals surface area contributed by atoms with Crippen LogP contribution in [-0.2, 0) is 5.41 Å². The standard InChI is InChI=1S/C12H13ClN2S/c1-12(2,3)9-6-4-8(5-7-9)10-14-11(13)15-16-10/h4-7H,1-3H3. The van der Waals surface area contributed by atoms with Crippen molar-refractivity contribution in [2.24, 2.45) is 0 Å². The third-order valence-corrected chi connectivity index (χ3v) is 3.43. The molecule has 0 saturated carbocycles. The Morgan fingerprint density at radius 2 is 1.75 bits per heavy atom. The summed E-state index contributed by atoms with van der Waals surface area (Å²) in [7, 11) is 0. The molecule has 0 amide bonds. The first-order valence-electron chi connectivity index (χ1n) is 5.07. The van der Waals surface area contributed by atoms with Gasteiger partial charge in [0, 0.05) is 5.56 Å². The second-order valence-electron chi connectivity index (χ2n) is 4.70. The van der Waals surface area contributed by atoms with Crippen molar-refractivity contribution in [2.75, 3.05) is 0 Å². The van der Waals surface area contributed by atoms with E-state index in [4.69, 9.17) is 11.6 Å². The molecule has 0 spiro atoms. The van der Waals surface area contributed by atoms with Gasteiger partial charge in [0.1, 0.15) is 5.01 Å². The van der Waals surface area contributed by atoms with Crippen LogP contribution in [-0.4, -0.2) is 9.36 Å². The predicted octanol–water partition coefficient (Wildman–Crippen LogP) is 4.16. The highest BCUT2D eigenvalue weighted by atomic mass is 35.5. The van der Waals surface area contributed by atoms with Crippen molar-refractivity contribution in [3.8, 4) is 10.6 Å². The van der Waals surface area contributed by atoms with E-state index in [0.29, 0.717) is 5.28 Å². The number of hydrogen-bond donors (Lipinski definition) is 0. The van der Waals surface area contributed by atoms with Crippen molar-refractivity contribution >= 4 is 23.1 Å². The third-order valence-electron chi connectivity index (χ3n) is 2.40. The fraction of sp³-hybridized carbons (Fsp3) is 0.333. The van der Waals surface area contributed by atoms with E-state index in [2.05, 4.69) is 54.4 Å². The van der Waals surface area contributed by atoms with Crippen LogP contribution in [0, 0.1) is 0 Å². The van der Waals surface area contributed by atoms with Crippen LogP contribution in [0.25, 0.3) is 10.6 Å². The summed E-state index contributed by atoms with van der Waals surface area (Å²) in [6.07, 6.45) is 0. The molecule has 2 nitrogen and oxygen atoms in total. The Balaban J connectivity index is 2.33. The minimum atomic E-state index is 0.178. The maximum atomic E-state index is 5.70. The lowest BCUT2D eigenvalue weighted by molar-refractivity contribution is 0.590. The van der Waals surface area contributed by atoms with E-state index in [1.165, 1.54) is 17.1 Å². The average molecular weight is 253 g/mol. The fourth-order valence-corrected chi connectivity index (χ4v) is 2.25. The smallest absolute Gasteiger partial charge is 0.205 e. The molecule has 0 N–H and O–H groups in total. The molecule has 0 aliphatic rings. The SMILES string of the molecule is CC(C)(C)c1ccc(-c2nc(Cl)ns2)cc1.